The van der Waals surface area contributed by atoms with Crippen LogP contribution in [-0.2, 0) is 0 Å². The van der Waals surface area contributed by atoms with Crippen molar-refractivity contribution in [3.8, 4) is 27.9 Å². The van der Waals surface area contributed by atoms with E-state index in [1.54, 1.807) is 0 Å². The van der Waals surface area contributed by atoms with Crippen LogP contribution >= 0.6 is 0 Å². The minimum Gasteiger partial charge on any atom is -0.333 e. The number of fused-ring (bicyclic) bond motifs is 9. The highest BCUT2D eigenvalue weighted by atomic mass is 15.2. The lowest BCUT2D eigenvalue weighted by atomic mass is 9.67. The third-order valence-corrected chi connectivity index (χ3v) is 13.2. The Morgan fingerprint density at radius 2 is 1.07 bits per heavy atom. The molecule has 0 saturated carbocycles. The lowest BCUT2D eigenvalue weighted by Crippen LogP contribution is -2.32. The molecule has 0 saturated heterocycles. The van der Waals surface area contributed by atoms with E-state index in [-0.39, 0.29) is 12.0 Å². The highest BCUT2D eigenvalue weighted by Crippen LogP contribution is 2.56. The Morgan fingerprint density at radius 1 is 0.464 bits per heavy atom. The first-order valence-corrected chi connectivity index (χ1v) is 20.2. The van der Waals surface area contributed by atoms with Crippen LogP contribution in [0.5, 0.6) is 0 Å². The molecule has 0 spiro atoms. The summed E-state index contributed by atoms with van der Waals surface area (Å²) < 4.78 is 2.49. The lowest BCUT2D eigenvalue weighted by molar-refractivity contribution is 0.552. The fourth-order valence-electron chi connectivity index (χ4n) is 10.2. The zero-order valence-corrected chi connectivity index (χ0v) is 32.4. The average Bonchev–Trinajstić information content (AvgIpc) is 3.73. The monoisotopic (exact) mass is 720 g/mol. The predicted molar refractivity (Wildman–Crippen MR) is 236 cm³/mol. The molecule has 2 aliphatic carbocycles. The van der Waals surface area contributed by atoms with Crippen molar-refractivity contribution >= 4 is 38.8 Å². The van der Waals surface area contributed by atoms with Crippen molar-refractivity contribution in [2.45, 2.75) is 45.6 Å². The Bertz CT molecular complexity index is 2930. The zero-order valence-electron chi connectivity index (χ0n) is 32.4. The van der Waals surface area contributed by atoms with Gasteiger partial charge >= 0.3 is 0 Å². The van der Waals surface area contributed by atoms with Gasteiger partial charge in [0.05, 0.1) is 17.1 Å². The van der Waals surface area contributed by atoms with Gasteiger partial charge in [-0.15, -0.1) is 0 Å². The molecule has 2 nitrogen and oxygen atoms in total. The normalized spacial score (nSPS) is 19.6. The molecule has 0 fully saturated rings. The standard InChI is InChI=1S/C54H44N2/c1-33-15-11-13-21-41(33)37-23-25-51-47(27-37)49-29-43-35(3)36(4)44-30-50-48-28-38(42-22-14-12-16-34(42)2)24-26-52(48)56(40-19-9-6-10-20-40)54(50)32-46(44)45(43)31-53(49)55(51)39-17-7-5-8-18-39/h5-32,35-36,49,53H,1-4H3. The third kappa shape index (κ3) is 4.88. The lowest BCUT2D eigenvalue weighted by Gasteiger charge is -2.39. The number of rotatable bonds is 4. The molecule has 0 amide bonds. The summed E-state index contributed by atoms with van der Waals surface area (Å²) in [5.74, 6) is 1.00. The predicted octanol–water partition coefficient (Wildman–Crippen LogP) is 14.1. The van der Waals surface area contributed by atoms with Crippen LogP contribution in [-0.4, -0.2) is 10.6 Å². The Morgan fingerprint density at radius 3 is 1.77 bits per heavy atom. The van der Waals surface area contributed by atoms with Crippen LogP contribution in [0.2, 0.25) is 0 Å². The van der Waals surface area contributed by atoms with Crippen LogP contribution in [0.1, 0.15) is 53.5 Å². The highest BCUT2D eigenvalue weighted by molar-refractivity contribution is 6.12. The number of anilines is 2. The first-order chi connectivity index (χ1) is 27.4. The van der Waals surface area contributed by atoms with E-state index in [9.17, 15) is 0 Å². The smallest absolute Gasteiger partial charge is 0.0635 e. The van der Waals surface area contributed by atoms with Crippen molar-refractivity contribution in [3.63, 3.8) is 0 Å². The van der Waals surface area contributed by atoms with Crippen molar-refractivity contribution in [1.82, 2.24) is 4.57 Å². The van der Waals surface area contributed by atoms with Crippen molar-refractivity contribution < 1.29 is 0 Å². The molecule has 8 aromatic rings. The minimum atomic E-state index is 0.166. The summed E-state index contributed by atoms with van der Waals surface area (Å²) in [4.78, 5) is 2.59. The van der Waals surface area contributed by atoms with E-state index >= 15 is 0 Å². The summed E-state index contributed by atoms with van der Waals surface area (Å²) in [6.07, 6.45) is 5.28. The number of benzene rings is 7. The number of para-hydroxylation sites is 2. The largest absolute Gasteiger partial charge is 0.333 e. The van der Waals surface area contributed by atoms with Crippen LogP contribution in [0.3, 0.4) is 0 Å². The summed E-state index contributed by atoms with van der Waals surface area (Å²) in [6, 6.07) is 58.9. The summed E-state index contributed by atoms with van der Waals surface area (Å²) >= 11 is 0. The Hall–Kier alpha value is -6.38. The van der Waals surface area contributed by atoms with Crippen LogP contribution < -0.4 is 4.90 Å². The number of hydrogen-bond donors (Lipinski definition) is 0. The number of allylic oxidation sites excluding steroid dienone is 2. The average molecular weight is 721 g/mol. The van der Waals surface area contributed by atoms with Crippen LogP contribution in [0, 0.1) is 19.8 Å². The van der Waals surface area contributed by atoms with Gasteiger partial charge < -0.3 is 9.47 Å². The minimum absolute atomic E-state index is 0.166. The van der Waals surface area contributed by atoms with E-state index in [1.807, 2.05) is 0 Å². The fourth-order valence-corrected chi connectivity index (χ4v) is 10.2. The molecule has 11 rings (SSSR count). The van der Waals surface area contributed by atoms with Gasteiger partial charge in [-0.25, -0.2) is 0 Å². The molecule has 0 bridgehead atoms. The van der Waals surface area contributed by atoms with Gasteiger partial charge in [0.25, 0.3) is 0 Å². The van der Waals surface area contributed by atoms with E-state index in [0.717, 1.165) is 0 Å². The maximum atomic E-state index is 2.65. The van der Waals surface area contributed by atoms with E-state index in [0.29, 0.717) is 11.8 Å². The molecule has 1 aromatic heterocycles. The van der Waals surface area contributed by atoms with Crippen molar-refractivity contribution in [1.29, 1.82) is 0 Å². The molecule has 2 heterocycles. The number of nitrogens with zero attached hydrogens (tertiary/aromatic N) is 2. The van der Waals surface area contributed by atoms with Gasteiger partial charge in [-0.1, -0.05) is 123 Å². The topological polar surface area (TPSA) is 8.17 Å². The molecule has 3 aliphatic rings. The maximum absolute atomic E-state index is 2.65. The molecular weight excluding hydrogens is 677 g/mol. The molecule has 4 atom stereocenters. The summed E-state index contributed by atoms with van der Waals surface area (Å²) in [5.41, 5.74) is 21.1. The summed E-state index contributed by atoms with van der Waals surface area (Å²) in [7, 11) is 0. The zero-order chi connectivity index (χ0) is 37.7. The summed E-state index contributed by atoms with van der Waals surface area (Å²) in [5, 5.41) is 2.62. The molecule has 270 valence electrons. The number of aromatic nitrogens is 1. The first kappa shape index (κ1) is 33.0. The first-order valence-electron chi connectivity index (χ1n) is 20.2. The molecule has 0 N–H and O–H groups in total. The quantitative estimate of drug-likeness (QED) is 0.176. The molecule has 2 heteroatoms. The fraction of sp³-hybridized carbons (Fsp3) is 0.148. The van der Waals surface area contributed by atoms with Crippen molar-refractivity contribution in [2.75, 3.05) is 4.90 Å². The van der Waals surface area contributed by atoms with E-state index in [1.165, 1.54) is 100 Å². The van der Waals surface area contributed by atoms with E-state index < -0.39 is 0 Å². The van der Waals surface area contributed by atoms with Gasteiger partial charge in [-0.2, -0.15) is 0 Å². The number of hydrogen-bond acceptors (Lipinski definition) is 1. The molecule has 56 heavy (non-hydrogen) atoms. The molecular formula is C54H44N2. The van der Waals surface area contributed by atoms with Gasteiger partial charge in [0.15, 0.2) is 0 Å². The second-order valence-corrected chi connectivity index (χ2v) is 16.3. The second-order valence-electron chi connectivity index (χ2n) is 16.3. The summed E-state index contributed by atoms with van der Waals surface area (Å²) in [6.45, 7) is 9.34. The van der Waals surface area contributed by atoms with E-state index in [4.69, 9.17) is 0 Å². The van der Waals surface area contributed by atoms with Crippen molar-refractivity contribution in [2.24, 2.45) is 5.92 Å². The van der Waals surface area contributed by atoms with Gasteiger partial charge in [0.2, 0.25) is 0 Å². The van der Waals surface area contributed by atoms with Crippen LogP contribution in [0.25, 0.3) is 55.3 Å². The van der Waals surface area contributed by atoms with Crippen molar-refractivity contribution in [3.05, 3.63) is 203 Å². The van der Waals surface area contributed by atoms with E-state index in [2.05, 4.69) is 207 Å². The highest BCUT2D eigenvalue weighted by Gasteiger charge is 2.43. The van der Waals surface area contributed by atoms with Gasteiger partial charge in [0.1, 0.15) is 0 Å². The molecule has 4 unspecified atom stereocenters. The van der Waals surface area contributed by atoms with Crippen LogP contribution in [0.15, 0.2) is 175 Å². The van der Waals surface area contributed by atoms with Gasteiger partial charge in [-0.3, -0.25) is 0 Å². The molecule has 7 aromatic carbocycles. The molecule has 1 aliphatic heterocycles. The Kier molecular flexibility index (Phi) is 7.41. The Labute approximate surface area is 329 Å². The molecule has 0 radical (unpaired) electrons. The maximum Gasteiger partial charge on any atom is 0.0635 e. The third-order valence-electron chi connectivity index (χ3n) is 13.2. The van der Waals surface area contributed by atoms with Gasteiger partial charge in [-0.05, 0) is 148 Å². The van der Waals surface area contributed by atoms with Gasteiger partial charge in [0, 0.05) is 33.8 Å². The van der Waals surface area contributed by atoms with Crippen LogP contribution in [0.4, 0.5) is 11.4 Å². The number of aryl methyl sites for hydroxylation is 2. The Balaban J connectivity index is 1.13. The SMILES string of the molecule is Cc1ccccc1-c1ccc2c(c1)C1C=C3C(=CC1N2c1ccccc1)c1cc2c(cc1C(C)C3C)c1cc(-c3ccccc3C)ccc1n2-c1ccccc1. The second kappa shape index (κ2) is 12.6.